The van der Waals surface area contributed by atoms with Crippen LogP contribution >= 0.6 is 24.0 Å². The minimum atomic E-state index is -0.0606. The van der Waals surface area contributed by atoms with Crippen LogP contribution < -0.4 is 0 Å². The lowest BCUT2D eigenvalue weighted by atomic mass is 10.0. The third-order valence-electron chi connectivity index (χ3n) is 4.07. The fourth-order valence-corrected chi connectivity index (χ4v) is 2.90. The summed E-state index contributed by atoms with van der Waals surface area (Å²) in [5.41, 5.74) is 2.29. The van der Waals surface area contributed by atoms with Gasteiger partial charge in [0.2, 0.25) is 0 Å². The molecule has 1 aliphatic heterocycles. The topological polar surface area (TPSA) is 21.7 Å². The average Bonchev–Trinajstić information content (AvgIpc) is 2.61. The van der Waals surface area contributed by atoms with E-state index >= 15 is 0 Å². The lowest BCUT2D eigenvalue weighted by Crippen LogP contribution is -2.38. The summed E-state index contributed by atoms with van der Waals surface area (Å²) in [6, 6.07) is 18.2. The smallest absolute Gasteiger partial charge is 0.108 e. The van der Waals surface area contributed by atoms with Crippen LogP contribution in [-0.4, -0.2) is 44.4 Å². The van der Waals surface area contributed by atoms with Crippen LogP contribution in [0.15, 0.2) is 54.6 Å². The van der Waals surface area contributed by atoms with Crippen LogP contribution in [0.4, 0.5) is 0 Å². The van der Waals surface area contributed by atoms with Crippen molar-refractivity contribution in [2.24, 2.45) is 0 Å². The van der Waals surface area contributed by atoms with Gasteiger partial charge in [0.15, 0.2) is 0 Å². The van der Waals surface area contributed by atoms with Crippen molar-refractivity contribution in [3.05, 3.63) is 70.7 Å². The highest BCUT2D eigenvalue weighted by atomic mass is 35.5. The molecule has 0 bridgehead atoms. The number of hydrogen-bond acceptors (Lipinski definition) is 3. The summed E-state index contributed by atoms with van der Waals surface area (Å²) in [7, 11) is 0. The lowest BCUT2D eigenvalue weighted by molar-refractivity contribution is 0.00968. The van der Waals surface area contributed by atoms with E-state index in [2.05, 4.69) is 17.0 Å². The molecule has 0 radical (unpaired) electrons. The quantitative estimate of drug-likeness (QED) is 0.763. The minimum Gasteiger partial charge on any atom is -0.379 e. The molecule has 0 aromatic heterocycles. The van der Waals surface area contributed by atoms with Gasteiger partial charge in [-0.25, -0.2) is 0 Å². The SMILES string of the molecule is Cl.Clc1ccc([C@@H](OCCN2CCOCC2)c2ccccc2)cc1. The van der Waals surface area contributed by atoms with Crippen LogP contribution in [0, 0.1) is 0 Å². The van der Waals surface area contributed by atoms with Gasteiger partial charge in [-0.3, -0.25) is 4.90 Å². The van der Waals surface area contributed by atoms with E-state index in [0.29, 0.717) is 6.61 Å². The van der Waals surface area contributed by atoms with Crippen molar-refractivity contribution in [2.75, 3.05) is 39.5 Å². The van der Waals surface area contributed by atoms with Crippen molar-refractivity contribution in [2.45, 2.75) is 6.10 Å². The predicted octanol–water partition coefficient (Wildman–Crippen LogP) is 4.20. The maximum atomic E-state index is 6.23. The van der Waals surface area contributed by atoms with Crippen LogP contribution in [0.1, 0.15) is 17.2 Å². The molecular formula is C19H23Cl2NO2. The number of hydrogen-bond donors (Lipinski definition) is 0. The Morgan fingerprint density at radius 3 is 2.25 bits per heavy atom. The molecule has 0 unspecified atom stereocenters. The van der Waals surface area contributed by atoms with E-state index < -0.39 is 0 Å². The van der Waals surface area contributed by atoms with Gasteiger partial charge in [0, 0.05) is 24.7 Å². The molecule has 24 heavy (non-hydrogen) atoms. The number of nitrogens with zero attached hydrogens (tertiary/aromatic N) is 1. The molecule has 1 heterocycles. The van der Waals surface area contributed by atoms with Gasteiger partial charge in [0.05, 0.1) is 19.8 Å². The molecule has 1 atom stereocenters. The molecule has 3 nitrogen and oxygen atoms in total. The Hall–Kier alpha value is -1.10. The van der Waals surface area contributed by atoms with Gasteiger partial charge in [-0.05, 0) is 23.3 Å². The Balaban J connectivity index is 0.00000208. The maximum Gasteiger partial charge on any atom is 0.108 e. The van der Waals surface area contributed by atoms with Gasteiger partial charge in [-0.15, -0.1) is 12.4 Å². The molecule has 3 rings (SSSR count). The molecular weight excluding hydrogens is 345 g/mol. The number of rotatable bonds is 6. The molecule has 1 saturated heterocycles. The summed E-state index contributed by atoms with van der Waals surface area (Å²) in [6.45, 7) is 5.24. The van der Waals surface area contributed by atoms with Gasteiger partial charge < -0.3 is 9.47 Å². The van der Waals surface area contributed by atoms with Crippen LogP contribution in [0.25, 0.3) is 0 Å². The van der Waals surface area contributed by atoms with Gasteiger partial charge in [-0.2, -0.15) is 0 Å². The van der Waals surface area contributed by atoms with Crippen LogP contribution in [-0.2, 0) is 9.47 Å². The molecule has 0 spiro atoms. The number of morpholine rings is 1. The summed E-state index contributed by atoms with van der Waals surface area (Å²) < 4.78 is 11.6. The van der Waals surface area contributed by atoms with Crippen LogP contribution in [0.2, 0.25) is 5.02 Å². The average molecular weight is 368 g/mol. The molecule has 5 heteroatoms. The molecule has 1 aliphatic rings. The third-order valence-corrected chi connectivity index (χ3v) is 4.32. The van der Waals surface area contributed by atoms with Crippen molar-refractivity contribution >= 4 is 24.0 Å². The minimum absolute atomic E-state index is 0. The second kappa shape index (κ2) is 10.0. The third kappa shape index (κ3) is 5.47. The number of halogens is 2. The van der Waals surface area contributed by atoms with Crippen molar-refractivity contribution < 1.29 is 9.47 Å². The second-order valence-corrected chi connectivity index (χ2v) is 6.10. The first-order chi connectivity index (χ1) is 11.3. The first-order valence-corrected chi connectivity index (χ1v) is 8.43. The van der Waals surface area contributed by atoms with Crippen LogP contribution in [0.3, 0.4) is 0 Å². The van der Waals surface area contributed by atoms with E-state index in [1.165, 1.54) is 0 Å². The normalized spacial score (nSPS) is 16.4. The summed E-state index contributed by atoms with van der Waals surface area (Å²) in [5, 5.41) is 0.744. The molecule has 2 aromatic rings. The van der Waals surface area contributed by atoms with Gasteiger partial charge in [0.1, 0.15) is 6.10 Å². The van der Waals surface area contributed by atoms with Crippen molar-refractivity contribution in [3.8, 4) is 0 Å². The first-order valence-electron chi connectivity index (χ1n) is 8.05. The predicted molar refractivity (Wildman–Crippen MR) is 100 cm³/mol. The lowest BCUT2D eigenvalue weighted by Gasteiger charge is -2.27. The van der Waals surface area contributed by atoms with Gasteiger partial charge >= 0.3 is 0 Å². The fraction of sp³-hybridized carbons (Fsp3) is 0.368. The van der Waals surface area contributed by atoms with E-state index in [0.717, 1.165) is 49.0 Å². The molecule has 130 valence electrons. The Morgan fingerprint density at radius 2 is 1.58 bits per heavy atom. The Kier molecular flexibility index (Phi) is 8.03. The fourth-order valence-electron chi connectivity index (χ4n) is 2.77. The van der Waals surface area contributed by atoms with Gasteiger partial charge in [-0.1, -0.05) is 54.1 Å². The number of benzene rings is 2. The summed E-state index contributed by atoms with van der Waals surface area (Å²) in [5.74, 6) is 0. The maximum absolute atomic E-state index is 6.23. The largest absolute Gasteiger partial charge is 0.379 e. The van der Waals surface area contributed by atoms with Crippen LogP contribution in [0.5, 0.6) is 0 Å². The van der Waals surface area contributed by atoms with Crippen molar-refractivity contribution in [1.29, 1.82) is 0 Å². The summed E-state index contributed by atoms with van der Waals surface area (Å²) >= 11 is 6.01. The molecule has 0 amide bonds. The Bertz CT molecular complexity index is 586. The highest BCUT2D eigenvalue weighted by Gasteiger charge is 2.16. The zero-order valence-corrected chi connectivity index (χ0v) is 15.1. The van der Waals surface area contributed by atoms with E-state index in [1.807, 2.05) is 42.5 Å². The summed E-state index contributed by atoms with van der Waals surface area (Å²) in [6.07, 6.45) is -0.0606. The van der Waals surface area contributed by atoms with Crippen molar-refractivity contribution in [1.82, 2.24) is 4.90 Å². The van der Waals surface area contributed by atoms with Crippen molar-refractivity contribution in [3.63, 3.8) is 0 Å². The second-order valence-electron chi connectivity index (χ2n) is 5.67. The molecule has 2 aromatic carbocycles. The highest BCUT2D eigenvalue weighted by molar-refractivity contribution is 6.30. The van der Waals surface area contributed by atoms with E-state index in [1.54, 1.807) is 0 Å². The molecule has 0 saturated carbocycles. The highest BCUT2D eigenvalue weighted by Crippen LogP contribution is 2.27. The van der Waals surface area contributed by atoms with E-state index in [4.69, 9.17) is 21.1 Å². The standard InChI is InChI=1S/C19H22ClNO2.ClH/c20-18-8-6-17(7-9-18)19(16-4-2-1-3-5-16)23-15-12-21-10-13-22-14-11-21;/h1-9,19H,10-15H2;1H/t19-;/m0./s1. The Labute approximate surface area is 154 Å². The summed E-state index contributed by atoms with van der Waals surface area (Å²) in [4.78, 5) is 2.38. The zero-order valence-electron chi connectivity index (χ0n) is 13.6. The van der Waals surface area contributed by atoms with Gasteiger partial charge in [0.25, 0.3) is 0 Å². The molecule has 0 aliphatic carbocycles. The number of ether oxygens (including phenoxy) is 2. The monoisotopic (exact) mass is 367 g/mol. The van der Waals surface area contributed by atoms with E-state index in [9.17, 15) is 0 Å². The Morgan fingerprint density at radius 1 is 0.958 bits per heavy atom. The molecule has 0 N–H and O–H groups in total. The van der Waals surface area contributed by atoms with E-state index in [-0.39, 0.29) is 18.5 Å². The molecule has 1 fully saturated rings. The zero-order chi connectivity index (χ0) is 15.9. The first kappa shape index (κ1) is 19.2.